The molecule has 0 amide bonds. The number of aromatic amines is 1. The van der Waals surface area contributed by atoms with Crippen LogP contribution in [0.25, 0.3) is 11.3 Å². The summed E-state index contributed by atoms with van der Waals surface area (Å²) < 4.78 is 48.0. The maximum absolute atomic E-state index is 12.3. The number of H-pyrrole nitrogens is 1. The standard InChI is InChI=1S/C18H23F3N4O2/c1-25(12-18(19,20)21)6-2-5-22-10-14-11-23-24-17(14)13-3-4-15-16(9-13)27-8-7-26-15/h3-4,9,11,22H,2,5-8,10,12H2,1H3,(H,23,24). The van der Waals surface area contributed by atoms with Crippen molar-refractivity contribution in [3.63, 3.8) is 0 Å². The van der Waals surface area contributed by atoms with Gasteiger partial charge >= 0.3 is 6.18 Å². The summed E-state index contributed by atoms with van der Waals surface area (Å²) in [5.74, 6) is 1.44. The maximum atomic E-state index is 12.3. The number of nitrogens with zero attached hydrogens (tertiary/aromatic N) is 2. The fraction of sp³-hybridized carbons (Fsp3) is 0.500. The molecule has 2 aromatic rings. The Bertz CT molecular complexity index is 748. The number of nitrogens with one attached hydrogen (secondary N) is 2. The molecule has 2 heterocycles. The van der Waals surface area contributed by atoms with E-state index in [9.17, 15) is 13.2 Å². The Morgan fingerprint density at radius 2 is 2.00 bits per heavy atom. The summed E-state index contributed by atoms with van der Waals surface area (Å²) in [7, 11) is 1.48. The lowest BCUT2D eigenvalue weighted by Crippen LogP contribution is -2.32. The summed E-state index contributed by atoms with van der Waals surface area (Å²) in [4.78, 5) is 1.28. The largest absolute Gasteiger partial charge is 0.486 e. The van der Waals surface area contributed by atoms with Gasteiger partial charge in [0.05, 0.1) is 18.4 Å². The Balaban J connectivity index is 1.49. The van der Waals surface area contributed by atoms with Crippen molar-refractivity contribution in [2.45, 2.75) is 19.1 Å². The van der Waals surface area contributed by atoms with Crippen molar-refractivity contribution in [1.82, 2.24) is 20.4 Å². The first kappa shape index (κ1) is 19.5. The quantitative estimate of drug-likeness (QED) is 0.686. The topological polar surface area (TPSA) is 62.4 Å². The number of alkyl halides is 3. The van der Waals surface area contributed by atoms with E-state index in [1.807, 2.05) is 18.2 Å². The molecule has 0 saturated heterocycles. The van der Waals surface area contributed by atoms with E-state index in [1.54, 1.807) is 6.20 Å². The lowest BCUT2D eigenvalue weighted by Gasteiger charge is -2.19. The summed E-state index contributed by atoms with van der Waals surface area (Å²) in [6.45, 7) is 1.76. The molecular weight excluding hydrogens is 361 g/mol. The summed E-state index contributed by atoms with van der Waals surface area (Å²) >= 11 is 0. The van der Waals surface area contributed by atoms with E-state index in [1.165, 1.54) is 11.9 Å². The van der Waals surface area contributed by atoms with Crippen LogP contribution in [0, 0.1) is 0 Å². The van der Waals surface area contributed by atoms with Gasteiger partial charge in [-0.2, -0.15) is 18.3 Å². The van der Waals surface area contributed by atoms with Crippen LogP contribution in [0.3, 0.4) is 0 Å². The predicted octanol–water partition coefficient (Wildman–Crippen LogP) is 2.82. The number of fused-ring (bicyclic) bond motifs is 1. The monoisotopic (exact) mass is 384 g/mol. The van der Waals surface area contributed by atoms with Crippen molar-refractivity contribution in [2.75, 3.05) is 39.9 Å². The van der Waals surface area contributed by atoms with Crippen LogP contribution in [0.4, 0.5) is 13.2 Å². The van der Waals surface area contributed by atoms with Gasteiger partial charge in [0, 0.05) is 17.7 Å². The molecule has 0 atom stereocenters. The number of benzene rings is 1. The zero-order valence-corrected chi connectivity index (χ0v) is 15.1. The Labute approximate surface area is 155 Å². The molecule has 0 aliphatic carbocycles. The second-order valence-corrected chi connectivity index (χ2v) is 6.51. The van der Waals surface area contributed by atoms with Crippen LogP contribution in [-0.2, 0) is 6.54 Å². The molecule has 0 radical (unpaired) electrons. The van der Waals surface area contributed by atoms with Gasteiger partial charge in [0.15, 0.2) is 11.5 Å². The molecule has 2 N–H and O–H groups in total. The molecule has 0 saturated carbocycles. The molecule has 9 heteroatoms. The van der Waals surface area contributed by atoms with Crippen LogP contribution >= 0.6 is 0 Å². The van der Waals surface area contributed by atoms with Crippen molar-refractivity contribution >= 4 is 0 Å². The highest BCUT2D eigenvalue weighted by Crippen LogP contribution is 2.34. The third kappa shape index (κ3) is 5.61. The van der Waals surface area contributed by atoms with Gasteiger partial charge in [0.2, 0.25) is 0 Å². The van der Waals surface area contributed by atoms with Crippen LogP contribution in [0.5, 0.6) is 11.5 Å². The third-order valence-electron chi connectivity index (χ3n) is 4.21. The minimum Gasteiger partial charge on any atom is -0.486 e. The zero-order chi connectivity index (χ0) is 19.3. The van der Waals surface area contributed by atoms with Gasteiger partial charge in [-0.05, 0) is 44.8 Å². The van der Waals surface area contributed by atoms with Crippen LogP contribution in [0.15, 0.2) is 24.4 Å². The highest BCUT2D eigenvalue weighted by atomic mass is 19.4. The fourth-order valence-corrected chi connectivity index (χ4v) is 2.98. The molecule has 1 aliphatic rings. The van der Waals surface area contributed by atoms with Gasteiger partial charge < -0.3 is 14.8 Å². The van der Waals surface area contributed by atoms with Crippen molar-refractivity contribution < 1.29 is 22.6 Å². The minimum atomic E-state index is -4.16. The van der Waals surface area contributed by atoms with E-state index in [0.29, 0.717) is 45.0 Å². The van der Waals surface area contributed by atoms with E-state index in [-0.39, 0.29) is 0 Å². The zero-order valence-electron chi connectivity index (χ0n) is 15.1. The molecule has 1 aliphatic heterocycles. The van der Waals surface area contributed by atoms with E-state index in [4.69, 9.17) is 9.47 Å². The van der Waals surface area contributed by atoms with Gasteiger partial charge in [-0.25, -0.2) is 0 Å². The van der Waals surface area contributed by atoms with Gasteiger partial charge in [-0.15, -0.1) is 0 Å². The lowest BCUT2D eigenvalue weighted by molar-refractivity contribution is -0.143. The minimum absolute atomic E-state index is 0.382. The first-order valence-corrected chi connectivity index (χ1v) is 8.80. The second kappa shape index (κ2) is 8.62. The molecular formula is C18H23F3N4O2. The van der Waals surface area contributed by atoms with Crippen molar-refractivity contribution in [2.24, 2.45) is 0 Å². The highest BCUT2D eigenvalue weighted by Gasteiger charge is 2.28. The number of aromatic nitrogens is 2. The summed E-state index contributed by atoms with van der Waals surface area (Å²) in [5.41, 5.74) is 2.81. The predicted molar refractivity (Wildman–Crippen MR) is 94.9 cm³/mol. The van der Waals surface area contributed by atoms with E-state index >= 15 is 0 Å². The number of ether oxygens (including phenoxy) is 2. The Morgan fingerprint density at radius 3 is 2.78 bits per heavy atom. The molecule has 148 valence electrons. The first-order valence-electron chi connectivity index (χ1n) is 8.80. The highest BCUT2D eigenvalue weighted by molar-refractivity contribution is 5.66. The summed E-state index contributed by atoms with van der Waals surface area (Å²) in [6.07, 6.45) is -1.78. The van der Waals surface area contributed by atoms with Crippen molar-refractivity contribution in [3.8, 4) is 22.8 Å². The third-order valence-corrected chi connectivity index (χ3v) is 4.21. The second-order valence-electron chi connectivity index (χ2n) is 6.51. The van der Waals surface area contributed by atoms with Crippen LogP contribution < -0.4 is 14.8 Å². The molecule has 0 spiro atoms. The van der Waals surface area contributed by atoms with Crippen LogP contribution in [0.2, 0.25) is 0 Å². The normalized spacial score (nSPS) is 14.0. The first-order chi connectivity index (χ1) is 12.9. The van der Waals surface area contributed by atoms with E-state index in [2.05, 4.69) is 15.5 Å². The number of hydrogen-bond acceptors (Lipinski definition) is 5. The van der Waals surface area contributed by atoms with E-state index < -0.39 is 12.7 Å². The number of hydrogen-bond donors (Lipinski definition) is 2. The molecule has 1 aromatic heterocycles. The molecule has 0 unspecified atom stereocenters. The molecule has 1 aromatic carbocycles. The Morgan fingerprint density at radius 1 is 1.22 bits per heavy atom. The van der Waals surface area contributed by atoms with Crippen LogP contribution in [0.1, 0.15) is 12.0 Å². The Kier molecular flexibility index (Phi) is 6.22. The summed E-state index contributed by atoms with van der Waals surface area (Å²) in [6, 6.07) is 5.73. The molecule has 6 nitrogen and oxygen atoms in total. The lowest BCUT2D eigenvalue weighted by atomic mass is 10.1. The smallest absolute Gasteiger partial charge is 0.401 e. The van der Waals surface area contributed by atoms with Gasteiger partial charge in [0.25, 0.3) is 0 Å². The number of rotatable bonds is 8. The molecule has 3 rings (SSSR count). The van der Waals surface area contributed by atoms with Gasteiger partial charge in [-0.3, -0.25) is 10.00 Å². The maximum Gasteiger partial charge on any atom is 0.401 e. The van der Waals surface area contributed by atoms with Gasteiger partial charge in [-0.1, -0.05) is 0 Å². The van der Waals surface area contributed by atoms with Crippen LogP contribution in [-0.4, -0.2) is 61.2 Å². The average Bonchev–Trinajstić information content (AvgIpc) is 3.08. The molecule has 27 heavy (non-hydrogen) atoms. The van der Waals surface area contributed by atoms with E-state index in [0.717, 1.165) is 22.6 Å². The summed E-state index contributed by atoms with van der Waals surface area (Å²) in [5, 5.41) is 10.4. The molecule has 0 fully saturated rings. The fourth-order valence-electron chi connectivity index (χ4n) is 2.98. The van der Waals surface area contributed by atoms with Crippen molar-refractivity contribution in [1.29, 1.82) is 0 Å². The molecule has 0 bridgehead atoms. The SMILES string of the molecule is CN(CCCNCc1cn[nH]c1-c1ccc2c(c1)OCCO2)CC(F)(F)F. The Hall–Kier alpha value is -2.26. The number of halogens is 3. The van der Waals surface area contributed by atoms with Gasteiger partial charge in [0.1, 0.15) is 13.2 Å². The average molecular weight is 384 g/mol. The van der Waals surface area contributed by atoms with Crippen molar-refractivity contribution in [3.05, 3.63) is 30.0 Å².